The van der Waals surface area contributed by atoms with E-state index in [1.807, 2.05) is 30.3 Å². The first-order chi connectivity index (χ1) is 13.2. The normalized spacial score (nSPS) is 17.3. The molecule has 1 unspecified atom stereocenters. The summed E-state index contributed by atoms with van der Waals surface area (Å²) in [5.74, 6) is 2.43. The quantitative estimate of drug-likeness (QED) is 0.690. The number of nitrogens with two attached hydrogens (primary N) is 1. The number of piperazine rings is 1. The Morgan fingerprint density at radius 1 is 1.04 bits per heavy atom. The molecule has 9 heteroatoms. The van der Waals surface area contributed by atoms with Crippen molar-refractivity contribution in [1.82, 2.24) is 30.1 Å². The van der Waals surface area contributed by atoms with Crippen LogP contribution < -0.4 is 5.73 Å². The summed E-state index contributed by atoms with van der Waals surface area (Å²) in [7, 11) is 0. The van der Waals surface area contributed by atoms with Gasteiger partial charge in [-0.1, -0.05) is 40.6 Å². The third-order valence-electron chi connectivity index (χ3n) is 4.84. The van der Waals surface area contributed by atoms with Crippen LogP contribution >= 0.6 is 0 Å². The molecule has 9 nitrogen and oxygen atoms in total. The lowest BCUT2D eigenvalue weighted by Gasteiger charge is -2.36. The largest absolute Gasteiger partial charge is 0.338 e. The summed E-state index contributed by atoms with van der Waals surface area (Å²) < 4.78 is 10.6. The Labute approximate surface area is 157 Å². The fourth-order valence-electron chi connectivity index (χ4n) is 3.21. The lowest BCUT2D eigenvalue weighted by Crippen LogP contribution is -2.46. The maximum atomic E-state index is 5.51. The van der Waals surface area contributed by atoms with Crippen molar-refractivity contribution in [3.63, 3.8) is 0 Å². The number of benzene rings is 1. The van der Waals surface area contributed by atoms with Gasteiger partial charge >= 0.3 is 0 Å². The topological polar surface area (TPSA) is 110 Å². The highest BCUT2D eigenvalue weighted by Crippen LogP contribution is 2.23. The van der Waals surface area contributed by atoms with Crippen molar-refractivity contribution < 1.29 is 9.05 Å². The molecule has 1 atom stereocenters. The van der Waals surface area contributed by atoms with Crippen LogP contribution in [0.1, 0.15) is 30.6 Å². The summed E-state index contributed by atoms with van der Waals surface area (Å²) in [6.07, 6.45) is 0. The van der Waals surface area contributed by atoms with E-state index in [1.165, 1.54) is 0 Å². The Morgan fingerprint density at radius 3 is 2.52 bits per heavy atom. The second-order valence-electron chi connectivity index (χ2n) is 6.62. The maximum Gasteiger partial charge on any atom is 0.244 e. The second-order valence-corrected chi connectivity index (χ2v) is 6.62. The molecule has 2 N–H and O–H groups in total. The van der Waals surface area contributed by atoms with E-state index in [0.717, 1.165) is 31.7 Å². The molecule has 142 valence electrons. The minimum Gasteiger partial charge on any atom is -0.338 e. The Bertz CT molecular complexity index is 855. The highest BCUT2D eigenvalue weighted by atomic mass is 16.5. The number of hydrogen-bond acceptors (Lipinski definition) is 9. The molecular formula is C18H23N7O2. The van der Waals surface area contributed by atoms with E-state index in [4.69, 9.17) is 14.8 Å². The molecule has 1 fully saturated rings. The van der Waals surface area contributed by atoms with Crippen molar-refractivity contribution >= 4 is 0 Å². The summed E-state index contributed by atoms with van der Waals surface area (Å²) in [6, 6.07) is 9.93. The molecule has 0 amide bonds. The van der Waals surface area contributed by atoms with E-state index < -0.39 is 0 Å². The monoisotopic (exact) mass is 369 g/mol. The summed E-state index contributed by atoms with van der Waals surface area (Å²) in [5, 5.41) is 8.08. The zero-order valence-corrected chi connectivity index (χ0v) is 15.3. The molecule has 2 aromatic heterocycles. The molecule has 0 aliphatic carbocycles. The molecule has 27 heavy (non-hydrogen) atoms. The zero-order valence-electron chi connectivity index (χ0n) is 15.3. The third-order valence-corrected chi connectivity index (χ3v) is 4.84. The van der Waals surface area contributed by atoms with Crippen LogP contribution in [0.4, 0.5) is 0 Å². The van der Waals surface area contributed by atoms with Crippen LogP contribution in [0.3, 0.4) is 0 Å². The van der Waals surface area contributed by atoms with Gasteiger partial charge in [0.1, 0.15) is 0 Å². The van der Waals surface area contributed by atoms with E-state index in [9.17, 15) is 0 Å². The lowest BCUT2D eigenvalue weighted by molar-refractivity contribution is 0.0827. The molecule has 3 heterocycles. The Morgan fingerprint density at radius 2 is 1.81 bits per heavy atom. The second kappa shape index (κ2) is 7.95. The van der Waals surface area contributed by atoms with Gasteiger partial charge in [-0.2, -0.15) is 9.97 Å². The van der Waals surface area contributed by atoms with Gasteiger partial charge in [-0.15, -0.1) is 0 Å². The highest BCUT2D eigenvalue weighted by Gasteiger charge is 2.26. The van der Waals surface area contributed by atoms with Gasteiger partial charge in [-0.05, 0) is 6.92 Å². The number of nitrogens with zero attached hydrogens (tertiary/aromatic N) is 6. The Balaban J connectivity index is 1.33. The molecule has 0 saturated carbocycles. The van der Waals surface area contributed by atoms with Crippen LogP contribution in [0.25, 0.3) is 11.4 Å². The average molecular weight is 369 g/mol. The summed E-state index contributed by atoms with van der Waals surface area (Å²) >= 11 is 0. The molecule has 1 aliphatic heterocycles. The van der Waals surface area contributed by atoms with Gasteiger partial charge in [0.25, 0.3) is 0 Å². The van der Waals surface area contributed by atoms with Crippen molar-refractivity contribution in [2.45, 2.75) is 26.1 Å². The molecule has 1 aromatic carbocycles. The fourth-order valence-corrected chi connectivity index (χ4v) is 3.21. The van der Waals surface area contributed by atoms with Crippen molar-refractivity contribution in [3.05, 3.63) is 47.9 Å². The third kappa shape index (κ3) is 4.05. The minimum atomic E-state index is 0.0751. The summed E-state index contributed by atoms with van der Waals surface area (Å²) in [4.78, 5) is 13.5. The maximum absolute atomic E-state index is 5.51. The SMILES string of the molecule is CC(c1nc(-c2ccccc2)no1)N1CCN(Cc2noc(CN)n2)CC1. The first-order valence-electron chi connectivity index (χ1n) is 9.10. The molecule has 1 saturated heterocycles. The van der Waals surface area contributed by atoms with E-state index >= 15 is 0 Å². The van der Waals surface area contributed by atoms with Gasteiger partial charge in [-0.25, -0.2) is 0 Å². The van der Waals surface area contributed by atoms with Crippen LogP contribution in [-0.2, 0) is 13.1 Å². The Kier molecular flexibility index (Phi) is 5.23. The molecular weight excluding hydrogens is 346 g/mol. The van der Waals surface area contributed by atoms with Crippen molar-refractivity contribution in [2.75, 3.05) is 26.2 Å². The van der Waals surface area contributed by atoms with E-state index in [0.29, 0.717) is 30.0 Å². The van der Waals surface area contributed by atoms with E-state index in [-0.39, 0.29) is 12.6 Å². The van der Waals surface area contributed by atoms with Crippen LogP contribution in [0.15, 0.2) is 39.4 Å². The van der Waals surface area contributed by atoms with Crippen LogP contribution in [0.2, 0.25) is 0 Å². The highest BCUT2D eigenvalue weighted by molar-refractivity contribution is 5.53. The Hall–Kier alpha value is -2.62. The van der Waals surface area contributed by atoms with Crippen molar-refractivity contribution in [1.29, 1.82) is 0 Å². The zero-order chi connectivity index (χ0) is 18.6. The van der Waals surface area contributed by atoms with E-state index in [1.54, 1.807) is 0 Å². The predicted octanol–water partition coefficient (Wildman–Crippen LogP) is 1.46. The van der Waals surface area contributed by atoms with Crippen LogP contribution in [0, 0.1) is 0 Å². The summed E-state index contributed by atoms with van der Waals surface area (Å²) in [5.41, 5.74) is 6.47. The number of hydrogen-bond donors (Lipinski definition) is 1. The number of aromatic nitrogens is 4. The van der Waals surface area contributed by atoms with Crippen LogP contribution in [-0.4, -0.2) is 56.3 Å². The first-order valence-corrected chi connectivity index (χ1v) is 9.10. The first kappa shape index (κ1) is 17.8. The van der Waals surface area contributed by atoms with Gasteiger partial charge in [-0.3, -0.25) is 9.80 Å². The molecule has 0 bridgehead atoms. The molecule has 3 aromatic rings. The van der Waals surface area contributed by atoms with Crippen molar-refractivity contribution in [3.8, 4) is 11.4 Å². The smallest absolute Gasteiger partial charge is 0.244 e. The average Bonchev–Trinajstić information content (AvgIpc) is 3.38. The van der Waals surface area contributed by atoms with Gasteiger partial charge in [0, 0.05) is 31.7 Å². The summed E-state index contributed by atoms with van der Waals surface area (Å²) in [6.45, 7) is 6.69. The molecule has 0 spiro atoms. The molecule has 1 aliphatic rings. The van der Waals surface area contributed by atoms with E-state index in [2.05, 4.69) is 37.0 Å². The number of rotatable bonds is 6. The van der Waals surface area contributed by atoms with Crippen molar-refractivity contribution in [2.24, 2.45) is 5.73 Å². The standard InChI is InChI=1S/C18H23N7O2/c1-13(18-21-17(23-27-18)14-5-3-2-4-6-14)25-9-7-24(8-10-25)12-15-20-16(11-19)26-22-15/h2-6,13H,7-12,19H2,1H3. The minimum absolute atomic E-state index is 0.0751. The predicted molar refractivity (Wildman–Crippen MR) is 97.2 cm³/mol. The van der Waals surface area contributed by atoms with Gasteiger partial charge in [0.2, 0.25) is 17.6 Å². The molecule has 4 rings (SSSR count). The van der Waals surface area contributed by atoms with Gasteiger partial charge in [0.15, 0.2) is 5.82 Å². The van der Waals surface area contributed by atoms with Gasteiger partial charge < -0.3 is 14.8 Å². The fraction of sp³-hybridized carbons (Fsp3) is 0.444. The lowest BCUT2D eigenvalue weighted by atomic mass is 10.2. The van der Waals surface area contributed by atoms with Gasteiger partial charge in [0.05, 0.1) is 19.1 Å². The molecule has 0 radical (unpaired) electrons. The van der Waals surface area contributed by atoms with Crippen LogP contribution in [0.5, 0.6) is 0 Å².